The maximum Gasteiger partial charge on any atom is 0.255 e. The van der Waals surface area contributed by atoms with Crippen molar-refractivity contribution in [3.8, 4) is 11.5 Å². The van der Waals surface area contributed by atoms with Crippen LogP contribution in [0.4, 0.5) is 0 Å². The molecule has 0 aliphatic carbocycles. The smallest absolute Gasteiger partial charge is 0.255 e. The number of para-hydroxylation sites is 2. The highest BCUT2D eigenvalue weighted by molar-refractivity contribution is 5.97. The number of amides is 1. The van der Waals surface area contributed by atoms with Gasteiger partial charge in [0.1, 0.15) is 11.5 Å². The molecule has 1 aliphatic heterocycles. The highest BCUT2D eigenvalue weighted by atomic mass is 16.5. The van der Waals surface area contributed by atoms with E-state index < -0.39 is 0 Å². The van der Waals surface area contributed by atoms with Crippen molar-refractivity contribution in [3.63, 3.8) is 0 Å². The predicted octanol–water partition coefficient (Wildman–Crippen LogP) is 3.97. The summed E-state index contributed by atoms with van der Waals surface area (Å²) in [7, 11) is 2.16. The second kappa shape index (κ2) is 10.4. The van der Waals surface area contributed by atoms with Gasteiger partial charge in [-0.25, -0.2) is 0 Å². The molecule has 1 fully saturated rings. The van der Waals surface area contributed by atoms with Crippen molar-refractivity contribution in [2.75, 3.05) is 46.3 Å². The van der Waals surface area contributed by atoms with Gasteiger partial charge in [-0.2, -0.15) is 0 Å². The molecule has 1 amide bonds. The van der Waals surface area contributed by atoms with E-state index in [0.717, 1.165) is 50.5 Å². The summed E-state index contributed by atoms with van der Waals surface area (Å²) in [5, 5.41) is 3.05. The van der Waals surface area contributed by atoms with Crippen molar-refractivity contribution in [1.82, 2.24) is 15.1 Å². The maximum atomic E-state index is 12.8. The van der Waals surface area contributed by atoms with Crippen LogP contribution in [0.3, 0.4) is 0 Å². The first-order valence-electron chi connectivity index (χ1n) is 10.6. The first-order chi connectivity index (χ1) is 14.0. The molecule has 1 aliphatic rings. The minimum atomic E-state index is -0.0824. The molecule has 0 aromatic heterocycles. The minimum absolute atomic E-state index is 0.0824. The highest BCUT2D eigenvalue weighted by Gasteiger charge is 2.16. The fraction of sp³-hybridized carbons (Fsp3) is 0.458. The zero-order valence-corrected chi connectivity index (χ0v) is 17.9. The van der Waals surface area contributed by atoms with E-state index in [0.29, 0.717) is 23.8 Å². The maximum absolute atomic E-state index is 12.8. The van der Waals surface area contributed by atoms with Crippen molar-refractivity contribution >= 4 is 5.91 Å². The molecule has 1 saturated heterocycles. The van der Waals surface area contributed by atoms with E-state index >= 15 is 0 Å². The summed E-state index contributed by atoms with van der Waals surface area (Å²) in [5.74, 6) is 1.66. The van der Waals surface area contributed by atoms with Crippen LogP contribution in [-0.2, 0) is 0 Å². The van der Waals surface area contributed by atoms with Gasteiger partial charge in [-0.3, -0.25) is 4.79 Å². The number of carbonyl (C=O) groups excluding carboxylic acids is 1. The van der Waals surface area contributed by atoms with E-state index in [1.165, 1.54) is 0 Å². The lowest BCUT2D eigenvalue weighted by Gasteiger charge is -2.32. The molecule has 5 nitrogen and oxygen atoms in total. The molecule has 2 aromatic rings. The summed E-state index contributed by atoms with van der Waals surface area (Å²) in [6.07, 6.45) is 0.953. The number of piperazine rings is 1. The molecule has 1 heterocycles. The summed E-state index contributed by atoms with van der Waals surface area (Å²) in [6.45, 7) is 10.4. The summed E-state index contributed by atoms with van der Waals surface area (Å²) >= 11 is 0. The Kier molecular flexibility index (Phi) is 7.67. The molecular formula is C24H33N3O2. The third-order valence-electron chi connectivity index (χ3n) is 5.43. The van der Waals surface area contributed by atoms with E-state index in [1.807, 2.05) is 42.5 Å². The van der Waals surface area contributed by atoms with Gasteiger partial charge in [0.2, 0.25) is 0 Å². The number of likely N-dealkylation sites (N-methyl/N-ethyl adjacent to an activating group) is 1. The Labute approximate surface area is 174 Å². The number of hydrogen-bond acceptors (Lipinski definition) is 4. The zero-order valence-electron chi connectivity index (χ0n) is 17.9. The van der Waals surface area contributed by atoms with Crippen LogP contribution in [0.25, 0.3) is 0 Å². The van der Waals surface area contributed by atoms with Crippen LogP contribution in [0.5, 0.6) is 11.5 Å². The van der Waals surface area contributed by atoms with Crippen LogP contribution in [0, 0.1) is 0 Å². The molecule has 0 bridgehead atoms. The fourth-order valence-corrected chi connectivity index (χ4v) is 3.58. The number of carbonyl (C=O) groups is 1. The quantitative estimate of drug-likeness (QED) is 0.687. The molecule has 0 atom stereocenters. The molecule has 156 valence electrons. The Bertz CT molecular complexity index is 798. The van der Waals surface area contributed by atoms with E-state index in [1.54, 1.807) is 0 Å². The lowest BCUT2D eigenvalue weighted by atomic mass is 10.0. The Balaban J connectivity index is 1.56. The normalized spacial score (nSPS) is 15.4. The SMILES string of the molecule is CC(C)c1ccccc1Oc1ccccc1C(=O)NCCCN1CCN(C)CC1. The van der Waals surface area contributed by atoms with Crippen molar-refractivity contribution in [3.05, 3.63) is 59.7 Å². The van der Waals surface area contributed by atoms with Gasteiger partial charge >= 0.3 is 0 Å². The molecular weight excluding hydrogens is 362 g/mol. The van der Waals surface area contributed by atoms with Gasteiger partial charge in [0.25, 0.3) is 5.91 Å². The molecule has 0 saturated carbocycles. The first-order valence-corrected chi connectivity index (χ1v) is 10.6. The molecule has 0 spiro atoms. The van der Waals surface area contributed by atoms with E-state index in [-0.39, 0.29) is 5.91 Å². The number of benzene rings is 2. The average molecular weight is 396 g/mol. The highest BCUT2D eigenvalue weighted by Crippen LogP contribution is 2.31. The van der Waals surface area contributed by atoms with Gasteiger partial charge in [-0.15, -0.1) is 0 Å². The second-order valence-corrected chi connectivity index (χ2v) is 8.05. The Morgan fingerprint density at radius 2 is 1.66 bits per heavy atom. The van der Waals surface area contributed by atoms with E-state index in [9.17, 15) is 4.79 Å². The molecule has 3 rings (SSSR count). The molecule has 1 N–H and O–H groups in total. The van der Waals surface area contributed by atoms with Gasteiger partial charge in [-0.05, 0) is 49.7 Å². The van der Waals surface area contributed by atoms with Gasteiger partial charge in [0.05, 0.1) is 5.56 Å². The second-order valence-electron chi connectivity index (χ2n) is 8.05. The van der Waals surface area contributed by atoms with Crippen molar-refractivity contribution < 1.29 is 9.53 Å². The van der Waals surface area contributed by atoms with Gasteiger partial charge < -0.3 is 19.9 Å². The number of rotatable bonds is 8. The van der Waals surface area contributed by atoms with Crippen LogP contribution < -0.4 is 10.1 Å². The van der Waals surface area contributed by atoms with E-state index in [4.69, 9.17) is 4.74 Å². The molecule has 2 aromatic carbocycles. The first kappa shape index (κ1) is 21.3. The number of nitrogens with zero attached hydrogens (tertiary/aromatic N) is 2. The number of nitrogens with one attached hydrogen (secondary N) is 1. The summed E-state index contributed by atoms with van der Waals surface area (Å²) in [5.41, 5.74) is 1.71. The Hall–Kier alpha value is -2.37. The monoisotopic (exact) mass is 395 g/mol. The summed E-state index contributed by atoms with van der Waals surface area (Å²) < 4.78 is 6.16. The minimum Gasteiger partial charge on any atom is -0.456 e. The van der Waals surface area contributed by atoms with Crippen LogP contribution in [0.1, 0.15) is 42.1 Å². The van der Waals surface area contributed by atoms with Gasteiger partial charge in [0.15, 0.2) is 0 Å². The Morgan fingerprint density at radius 3 is 2.38 bits per heavy atom. The van der Waals surface area contributed by atoms with Crippen molar-refractivity contribution in [2.24, 2.45) is 0 Å². The van der Waals surface area contributed by atoms with Crippen molar-refractivity contribution in [1.29, 1.82) is 0 Å². The predicted molar refractivity (Wildman–Crippen MR) is 118 cm³/mol. The van der Waals surface area contributed by atoms with E-state index in [2.05, 4.69) is 42.1 Å². The topological polar surface area (TPSA) is 44.8 Å². The zero-order chi connectivity index (χ0) is 20.6. The lowest BCUT2D eigenvalue weighted by molar-refractivity contribution is 0.0947. The molecule has 0 radical (unpaired) electrons. The van der Waals surface area contributed by atoms with Crippen LogP contribution in [-0.4, -0.2) is 62.0 Å². The van der Waals surface area contributed by atoms with Crippen molar-refractivity contribution in [2.45, 2.75) is 26.2 Å². The lowest BCUT2D eigenvalue weighted by Crippen LogP contribution is -2.45. The fourth-order valence-electron chi connectivity index (χ4n) is 3.58. The largest absolute Gasteiger partial charge is 0.456 e. The average Bonchev–Trinajstić information content (AvgIpc) is 2.73. The van der Waals surface area contributed by atoms with Crippen LogP contribution >= 0.6 is 0 Å². The third kappa shape index (κ3) is 6.05. The van der Waals surface area contributed by atoms with Gasteiger partial charge in [-0.1, -0.05) is 44.2 Å². The number of hydrogen-bond donors (Lipinski definition) is 1. The molecule has 5 heteroatoms. The number of ether oxygens (including phenoxy) is 1. The third-order valence-corrected chi connectivity index (χ3v) is 5.43. The Morgan fingerprint density at radius 1 is 1.00 bits per heavy atom. The van der Waals surface area contributed by atoms with Gasteiger partial charge in [0, 0.05) is 32.7 Å². The molecule has 29 heavy (non-hydrogen) atoms. The summed E-state index contributed by atoms with van der Waals surface area (Å²) in [6, 6.07) is 15.5. The van der Waals surface area contributed by atoms with Crippen LogP contribution in [0.2, 0.25) is 0 Å². The standard InChI is InChI=1S/C24H33N3O2/c1-19(2)20-9-4-6-11-22(20)29-23-12-7-5-10-21(23)24(28)25-13-8-14-27-17-15-26(3)16-18-27/h4-7,9-12,19H,8,13-18H2,1-3H3,(H,25,28). The van der Waals surface area contributed by atoms with Crippen LogP contribution in [0.15, 0.2) is 48.5 Å². The molecule has 0 unspecified atom stereocenters. The summed E-state index contributed by atoms with van der Waals surface area (Å²) in [4.78, 5) is 17.6.